The molecule has 0 aliphatic carbocycles. The number of imidazole rings is 1. The van der Waals surface area contributed by atoms with Gasteiger partial charge in [-0.1, -0.05) is 19.8 Å². The first-order chi connectivity index (χ1) is 12.1. The second-order valence-electron chi connectivity index (χ2n) is 6.85. The Morgan fingerprint density at radius 1 is 1.16 bits per heavy atom. The maximum atomic E-state index is 12.4. The molecule has 0 saturated carbocycles. The maximum Gasteiger partial charge on any atom is 0.329 e. The van der Waals surface area contributed by atoms with Crippen molar-refractivity contribution in [3.63, 3.8) is 0 Å². The van der Waals surface area contributed by atoms with Crippen LogP contribution in [0.25, 0.3) is 11.2 Å². The highest BCUT2D eigenvalue weighted by molar-refractivity contribution is 5.74. The number of hydrogen-bond acceptors (Lipinski definition) is 4. The van der Waals surface area contributed by atoms with Gasteiger partial charge in [0.05, 0.1) is 32.7 Å². The van der Waals surface area contributed by atoms with E-state index in [1.807, 2.05) is 4.57 Å². The van der Waals surface area contributed by atoms with E-state index in [1.54, 1.807) is 11.9 Å². The highest BCUT2D eigenvalue weighted by atomic mass is 16.2. The quantitative estimate of drug-likeness (QED) is 0.679. The van der Waals surface area contributed by atoms with Crippen LogP contribution < -0.4 is 21.0 Å². The zero-order valence-corrected chi connectivity index (χ0v) is 15.5. The normalized spacial score (nSPS) is 16.0. The number of quaternary nitrogens is 1. The molecule has 1 aliphatic heterocycles. The highest BCUT2D eigenvalue weighted by Gasteiger charge is 2.25. The number of rotatable bonds is 6. The summed E-state index contributed by atoms with van der Waals surface area (Å²) in [4.78, 5) is 35.4. The Morgan fingerprint density at radius 3 is 2.52 bits per heavy atom. The fraction of sp³-hybridized carbons (Fsp3) is 0.706. The molecule has 2 N–H and O–H groups in total. The minimum absolute atomic E-state index is 0.342. The third-order valence-corrected chi connectivity index (χ3v) is 5.23. The smallest absolute Gasteiger partial charge is 0.329 e. The SMILES string of the molecule is CCCCCn1c(N2CC[NH+](CC)CC2)nc2c1c(=O)[nH]c(=O)n2C. The lowest BCUT2D eigenvalue weighted by Gasteiger charge is -2.32. The Kier molecular flexibility index (Phi) is 5.27. The largest absolute Gasteiger partial charge is 0.332 e. The van der Waals surface area contributed by atoms with Gasteiger partial charge in [0.25, 0.3) is 5.56 Å². The van der Waals surface area contributed by atoms with Gasteiger partial charge in [0, 0.05) is 13.6 Å². The standard InChI is InChI=1S/C17H28N6O2/c1-4-6-7-8-23-13-14(20(3)17(25)19-15(13)24)18-16(23)22-11-9-21(5-2)10-12-22/h4-12H2,1-3H3,(H,19,24,25)/p+1. The summed E-state index contributed by atoms with van der Waals surface area (Å²) in [6.07, 6.45) is 3.23. The van der Waals surface area contributed by atoms with Crippen molar-refractivity contribution in [1.82, 2.24) is 19.1 Å². The Hall–Kier alpha value is -2.09. The lowest BCUT2D eigenvalue weighted by atomic mass is 10.2. The molecule has 3 heterocycles. The van der Waals surface area contributed by atoms with Crippen LogP contribution >= 0.6 is 0 Å². The molecule has 8 nitrogen and oxygen atoms in total. The van der Waals surface area contributed by atoms with Crippen molar-refractivity contribution in [3.05, 3.63) is 20.8 Å². The Labute approximate surface area is 147 Å². The number of piperazine rings is 1. The number of unbranched alkanes of at least 4 members (excludes halogenated alkanes) is 2. The zero-order valence-electron chi connectivity index (χ0n) is 15.5. The number of likely N-dealkylation sites (N-methyl/N-ethyl adjacent to an activating group) is 1. The number of aryl methyl sites for hydroxylation is 2. The fourth-order valence-corrected chi connectivity index (χ4v) is 3.57. The molecule has 8 heteroatoms. The predicted octanol–water partition coefficient (Wildman–Crippen LogP) is -0.662. The van der Waals surface area contributed by atoms with E-state index in [0.29, 0.717) is 11.2 Å². The molecule has 3 rings (SSSR count). The van der Waals surface area contributed by atoms with Gasteiger partial charge in [-0.15, -0.1) is 0 Å². The minimum atomic E-state index is -0.414. The topological polar surface area (TPSA) is 80.4 Å². The van der Waals surface area contributed by atoms with Gasteiger partial charge in [0.2, 0.25) is 5.95 Å². The van der Waals surface area contributed by atoms with E-state index in [4.69, 9.17) is 4.98 Å². The summed E-state index contributed by atoms with van der Waals surface area (Å²) >= 11 is 0. The predicted molar refractivity (Wildman–Crippen MR) is 98.6 cm³/mol. The van der Waals surface area contributed by atoms with E-state index in [0.717, 1.165) is 64.5 Å². The van der Waals surface area contributed by atoms with Crippen LogP contribution in [0.5, 0.6) is 0 Å². The molecule has 0 unspecified atom stereocenters. The van der Waals surface area contributed by atoms with Crippen molar-refractivity contribution in [1.29, 1.82) is 0 Å². The van der Waals surface area contributed by atoms with Gasteiger partial charge in [0.15, 0.2) is 11.2 Å². The molecule has 0 bridgehead atoms. The number of H-pyrrole nitrogens is 1. The first-order valence-electron chi connectivity index (χ1n) is 9.34. The molecule has 25 heavy (non-hydrogen) atoms. The molecule has 2 aromatic rings. The van der Waals surface area contributed by atoms with Crippen LogP contribution in [0, 0.1) is 0 Å². The van der Waals surface area contributed by atoms with E-state index in [-0.39, 0.29) is 5.56 Å². The van der Waals surface area contributed by atoms with Crippen molar-refractivity contribution in [2.45, 2.75) is 39.7 Å². The average molecular weight is 349 g/mol. The van der Waals surface area contributed by atoms with E-state index < -0.39 is 5.69 Å². The van der Waals surface area contributed by atoms with E-state index in [1.165, 1.54) is 4.57 Å². The van der Waals surface area contributed by atoms with Crippen LogP contribution in [-0.4, -0.2) is 51.8 Å². The number of aromatic amines is 1. The molecule has 138 valence electrons. The first-order valence-corrected chi connectivity index (χ1v) is 9.34. The monoisotopic (exact) mass is 349 g/mol. The van der Waals surface area contributed by atoms with Crippen LogP contribution in [-0.2, 0) is 13.6 Å². The molecule has 1 saturated heterocycles. The van der Waals surface area contributed by atoms with Crippen LogP contribution in [0.15, 0.2) is 9.59 Å². The van der Waals surface area contributed by atoms with E-state index in [2.05, 4.69) is 23.7 Å². The lowest BCUT2D eigenvalue weighted by Crippen LogP contribution is -3.14. The first kappa shape index (κ1) is 17.7. The molecular formula is C17H29N6O2+. The Morgan fingerprint density at radius 2 is 1.88 bits per heavy atom. The van der Waals surface area contributed by atoms with Gasteiger partial charge in [-0.3, -0.25) is 14.3 Å². The van der Waals surface area contributed by atoms with Crippen molar-refractivity contribution in [2.75, 3.05) is 37.6 Å². The molecule has 0 aromatic carbocycles. The Bertz CT molecular complexity index is 841. The summed E-state index contributed by atoms with van der Waals surface area (Å²) in [5.74, 6) is 0.827. The summed E-state index contributed by atoms with van der Waals surface area (Å²) in [5.41, 5.74) is 0.234. The fourth-order valence-electron chi connectivity index (χ4n) is 3.57. The third kappa shape index (κ3) is 3.35. The second-order valence-corrected chi connectivity index (χ2v) is 6.85. The zero-order chi connectivity index (χ0) is 18.0. The summed E-state index contributed by atoms with van der Waals surface area (Å²) in [7, 11) is 1.66. The Balaban J connectivity index is 2.05. The van der Waals surface area contributed by atoms with Gasteiger partial charge in [-0.25, -0.2) is 4.79 Å². The van der Waals surface area contributed by atoms with Crippen LogP contribution in [0.1, 0.15) is 33.1 Å². The van der Waals surface area contributed by atoms with E-state index >= 15 is 0 Å². The number of hydrogen-bond donors (Lipinski definition) is 2. The molecule has 2 aromatic heterocycles. The molecule has 1 aliphatic rings. The van der Waals surface area contributed by atoms with Crippen molar-refractivity contribution in [2.24, 2.45) is 7.05 Å². The molecule has 1 fully saturated rings. The van der Waals surface area contributed by atoms with Crippen molar-refractivity contribution >= 4 is 17.1 Å². The number of nitrogens with one attached hydrogen (secondary N) is 2. The molecule has 0 atom stereocenters. The van der Waals surface area contributed by atoms with Gasteiger partial charge in [0.1, 0.15) is 0 Å². The van der Waals surface area contributed by atoms with Crippen LogP contribution in [0.2, 0.25) is 0 Å². The molecular weight excluding hydrogens is 320 g/mol. The third-order valence-electron chi connectivity index (χ3n) is 5.23. The lowest BCUT2D eigenvalue weighted by molar-refractivity contribution is -0.898. The number of anilines is 1. The number of fused-ring (bicyclic) bond motifs is 1. The number of aromatic nitrogens is 4. The minimum Gasteiger partial charge on any atom is -0.332 e. The van der Waals surface area contributed by atoms with E-state index in [9.17, 15) is 9.59 Å². The van der Waals surface area contributed by atoms with Crippen LogP contribution in [0.3, 0.4) is 0 Å². The molecule has 0 spiro atoms. The highest BCUT2D eigenvalue weighted by Crippen LogP contribution is 2.20. The summed E-state index contributed by atoms with van der Waals surface area (Å²) in [6.45, 7) is 10.2. The van der Waals surface area contributed by atoms with Crippen molar-refractivity contribution < 1.29 is 4.90 Å². The van der Waals surface area contributed by atoms with Gasteiger partial charge in [-0.2, -0.15) is 4.98 Å². The summed E-state index contributed by atoms with van der Waals surface area (Å²) < 4.78 is 3.45. The molecule has 0 amide bonds. The summed E-state index contributed by atoms with van der Waals surface area (Å²) in [6, 6.07) is 0. The van der Waals surface area contributed by atoms with Gasteiger partial charge in [-0.05, 0) is 13.3 Å². The summed E-state index contributed by atoms with van der Waals surface area (Å²) in [5, 5.41) is 0. The second kappa shape index (κ2) is 7.43. The maximum absolute atomic E-state index is 12.4. The van der Waals surface area contributed by atoms with Gasteiger partial charge < -0.3 is 14.4 Å². The van der Waals surface area contributed by atoms with Gasteiger partial charge >= 0.3 is 5.69 Å². The average Bonchev–Trinajstić information content (AvgIpc) is 3.00. The molecule has 0 radical (unpaired) electrons. The van der Waals surface area contributed by atoms with Crippen LogP contribution in [0.4, 0.5) is 5.95 Å². The van der Waals surface area contributed by atoms with Crippen molar-refractivity contribution in [3.8, 4) is 0 Å². The number of nitrogens with zero attached hydrogens (tertiary/aromatic N) is 4.